The van der Waals surface area contributed by atoms with Crippen molar-refractivity contribution in [2.24, 2.45) is 10.7 Å². The van der Waals surface area contributed by atoms with Crippen LogP contribution in [0.5, 0.6) is 0 Å². The number of halogens is 1. The van der Waals surface area contributed by atoms with Crippen LogP contribution >= 0.6 is 0 Å². The second-order valence-corrected chi connectivity index (χ2v) is 4.52. The first-order valence-electron chi connectivity index (χ1n) is 6.32. The molecule has 1 heterocycles. The zero-order valence-corrected chi connectivity index (χ0v) is 12.2. The van der Waals surface area contributed by atoms with Crippen LogP contribution in [0, 0.1) is 6.92 Å². The normalized spacial score (nSPS) is 13.0. The first kappa shape index (κ1) is 15.8. The number of aromatic nitrogens is 1. The van der Waals surface area contributed by atoms with E-state index in [-0.39, 0.29) is 5.70 Å². The lowest BCUT2D eigenvalue weighted by Crippen LogP contribution is -2.02. The fourth-order valence-corrected chi connectivity index (χ4v) is 1.77. The van der Waals surface area contributed by atoms with Crippen LogP contribution in [0.2, 0.25) is 0 Å². The summed E-state index contributed by atoms with van der Waals surface area (Å²) in [6, 6.07) is 2.02. The number of nitrogens with two attached hydrogens (primary N) is 1. The average Bonchev–Trinajstić information content (AvgIpc) is 2.40. The second kappa shape index (κ2) is 7.38. The van der Waals surface area contributed by atoms with Crippen LogP contribution < -0.4 is 5.73 Å². The van der Waals surface area contributed by atoms with E-state index in [1.807, 2.05) is 13.0 Å². The van der Waals surface area contributed by atoms with Gasteiger partial charge in [0.1, 0.15) is 5.83 Å². The highest BCUT2D eigenvalue weighted by molar-refractivity contribution is 5.79. The molecule has 0 atom stereocenters. The largest absolute Gasteiger partial charge is 0.396 e. The Labute approximate surface area is 119 Å². The van der Waals surface area contributed by atoms with Crippen molar-refractivity contribution in [1.29, 1.82) is 0 Å². The number of nitrogens with zero attached hydrogens (tertiary/aromatic N) is 2. The van der Waals surface area contributed by atoms with E-state index in [9.17, 15) is 4.39 Å². The highest BCUT2D eigenvalue weighted by atomic mass is 19.1. The first-order chi connectivity index (χ1) is 9.47. The van der Waals surface area contributed by atoms with Crippen molar-refractivity contribution >= 4 is 6.21 Å². The molecule has 0 unspecified atom stereocenters. The Bertz CT molecular complexity index is 583. The molecule has 1 aromatic rings. The fraction of sp³-hybridized carbons (Fsp3) is 0.250. The molecule has 0 aliphatic rings. The second-order valence-electron chi connectivity index (χ2n) is 4.52. The third-order valence-corrected chi connectivity index (χ3v) is 2.70. The molecule has 0 amide bonds. The van der Waals surface area contributed by atoms with Crippen molar-refractivity contribution in [1.82, 2.24) is 4.98 Å². The molecular weight excluding hydrogens is 253 g/mol. The van der Waals surface area contributed by atoms with Crippen molar-refractivity contribution in [3.05, 3.63) is 64.9 Å². The van der Waals surface area contributed by atoms with E-state index in [0.717, 1.165) is 22.4 Å². The number of hydrogen-bond acceptors (Lipinski definition) is 3. The molecule has 3 nitrogen and oxygen atoms in total. The Kier molecular flexibility index (Phi) is 5.84. The Morgan fingerprint density at radius 2 is 2.25 bits per heavy atom. The van der Waals surface area contributed by atoms with Crippen LogP contribution in [-0.4, -0.2) is 18.2 Å². The maximum atomic E-state index is 13.3. The van der Waals surface area contributed by atoms with E-state index in [1.54, 1.807) is 32.5 Å². The van der Waals surface area contributed by atoms with Gasteiger partial charge in [-0.25, -0.2) is 4.39 Å². The highest BCUT2D eigenvalue weighted by Gasteiger charge is 2.05. The lowest BCUT2D eigenvalue weighted by molar-refractivity contribution is 0.646. The molecule has 1 rings (SSSR count). The van der Waals surface area contributed by atoms with Crippen LogP contribution in [0.25, 0.3) is 0 Å². The maximum Gasteiger partial charge on any atom is 0.141 e. The average molecular weight is 273 g/mol. The minimum Gasteiger partial charge on any atom is -0.396 e. The molecule has 0 bridgehead atoms. The highest BCUT2D eigenvalue weighted by Crippen LogP contribution is 2.15. The van der Waals surface area contributed by atoms with Crippen LogP contribution in [-0.2, 0) is 6.42 Å². The molecule has 1 aromatic heterocycles. The molecule has 106 valence electrons. The summed E-state index contributed by atoms with van der Waals surface area (Å²) in [5.41, 5.74) is 9.27. The van der Waals surface area contributed by atoms with Gasteiger partial charge in [-0.2, -0.15) is 0 Å². The number of hydrogen-bond donors (Lipinski definition) is 1. The molecule has 0 spiro atoms. The Balaban J connectivity index is 2.99. The van der Waals surface area contributed by atoms with Crippen molar-refractivity contribution in [2.75, 3.05) is 7.05 Å². The van der Waals surface area contributed by atoms with Crippen molar-refractivity contribution in [3.63, 3.8) is 0 Å². The molecule has 0 saturated heterocycles. The predicted molar refractivity (Wildman–Crippen MR) is 82.5 cm³/mol. The SMILES string of the molecule is C=C(/C=C(N)\C(F)=C/C)Cc1cc(C)cnc1/C=N\C. The number of pyridine rings is 1. The third kappa shape index (κ3) is 4.46. The number of allylic oxidation sites excluding steroid dienone is 4. The van der Waals surface area contributed by atoms with Gasteiger partial charge in [0.15, 0.2) is 0 Å². The topological polar surface area (TPSA) is 51.3 Å². The lowest BCUT2D eigenvalue weighted by Gasteiger charge is -2.07. The Morgan fingerprint density at radius 1 is 1.55 bits per heavy atom. The molecule has 0 fully saturated rings. The number of aryl methyl sites for hydroxylation is 1. The smallest absolute Gasteiger partial charge is 0.141 e. The van der Waals surface area contributed by atoms with Gasteiger partial charge >= 0.3 is 0 Å². The van der Waals surface area contributed by atoms with E-state index < -0.39 is 5.83 Å². The van der Waals surface area contributed by atoms with Gasteiger partial charge in [-0.1, -0.05) is 12.6 Å². The Hall–Kier alpha value is -2.23. The van der Waals surface area contributed by atoms with Crippen molar-refractivity contribution in [3.8, 4) is 0 Å². The summed E-state index contributed by atoms with van der Waals surface area (Å²) in [7, 11) is 1.69. The van der Waals surface area contributed by atoms with E-state index >= 15 is 0 Å². The predicted octanol–water partition coefficient (Wildman–Crippen LogP) is 3.25. The maximum absolute atomic E-state index is 13.3. The van der Waals surface area contributed by atoms with Gasteiger partial charge in [-0.3, -0.25) is 9.98 Å². The molecule has 0 saturated carbocycles. The molecule has 2 N–H and O–H groups in total. The van der Waals surface area contributed by atoms with Gasteiger partial charge in [0.2, 0.25) is 0 Å². The van der Waals surface area contributed by atoms with Gasteiger partial charge in [-0.15, -0.1) is 0 Å². The summed E-state index contributed by atoms with van der Waals surface area (Å²) in [6.45, 7) is 7.48. The van der Waals surface area contributed by atoms with E-state index in [0.29, 0.717) is 6.42 Å². The molecule has 0 aromatic carbocycles. The quantitative estimate of drug-likeness (QED) is 0.661. The van der Waals surface area contributed by atoms with E-state index in [4.69, 9.17) is 5.73 Å². The van der Waals surface area contributed by atoms with Crippen LogP contribution in [0.15, 0.2) is 53.1 Å². The summed E-state index contributed by atoms with van der Waals surface area (Å²) in [4.78, 5) is 8.30. The summed E-state index contributed by atoms with van der Waals surface area (Å²) in [5.74, 6) is -0.441. The number of aliphatic imine (C=N–C) groups is 1. The molecule has 0 aliphatic heterocycles. The van der Waals surface area contributed by atoms with Crippen molar-refractivity contribution in [2.45, 2.75) is 20.3 Å². The molecule has 20 heavy (non-hydrogen) atoms. The van der Waals surface area contributed by atoms with Gasteiger partial charge in [0.25, 0.3) is 0 Å². The lowest BCUT2D eigenvalue weighted by atomic mass is 10.0. The zero-order chi connectivity index (χ0) is 15.1. The van der Waals surface area contributed by atoms with Gasteiger partial charge < -0.3 is 5.73 Å². The van der Waals surface area contributed by atoms with Crippen LogP contribution in [0.1, 0.15) is 23.7 Å². The third-order valence-electron chi connectivity index (χ3n) is 2.70. The first-order valence-corrected chi connectivity index (χ1v) is 6.32. The minimum absolute atomic E-state index is 0.0869. The fourth-order valence-electron chi connectivity index (χ4n) is 1.77. The molecule has 4 heteroatoms. The summed E-state index contributed by atoms with van der Waals surface area (Å²) in [6.07, 6.45) is 6.90. The van der Waals surface area contributed by atoms with Gasteiger partial charge in [0, 0.05) is 19.5 Å². The minimum atomic E-state index is -0.441. The molecule has 0 radical (unpaired) electrons. The van der Waals surface area contributed by atoms with Gasteiger partial charge in [0.05, 0.1) is 11.4 Å². The van der Waals surface area contributed by atoms with E-state index in [1.165, 1.54) is 6.08 Å². The standard InChI is InChI=1S/C16H20FN3/c1-5-14(17)15(18)8-11(2)6-13-7-12(3)9-20-16(13)10-19-4/h5,7-10H,2,6,18H2,1,3-4H3/b14-5+,15-8+,19-10-. The zero-order valence-electron chi connectivity index (χ0n) is 12.2. The summed E-state index contributed by atoms with van der Waals surface area (Å²) < 4.78 is 13.3. The number of rotatable bonds is 5. The summed E-state index contributed by atoms with van der Waals surface area (Å²) in [5, 5.41) is 0. The Morgan fingerprint density at radius 3 is 2.85 bits per heavy atom. The van der Waals surface area contributed by atoms with Gasteiger partial charge in [-0.05, 0) is 49.1 Å². The molecular formula is C16H20FN3. The van der Waals surface area contributed by atoms with Crippen molar-refractivity contribution < 1.29 is 4.39 Å². The molecule has 0 aliphatic carbocycles. The monoisotopic (exact) mass is 273 g/mol. The summed E-state index contributed by atoms with van der Waals surface area (Å²) >= 11 is 0. The van der Waals surface area contributed by atoms with Crippen LogP contribution in [0.4, 0.5) is 4.39 Å². The van der Waals surface area contributed by atoms with Crippen LogP contribution in [0.3, 0.4) is 0 Å². The van der Waals surface area contributed by atoms with E-state index in [2.05, 4.69) is 16.6 Å².